The van der Waals surface area contributed by atoms with Crippen molar-refractivity contribution in [2.24, 2.45) is 0 Å². The number of hydrogen-bond acceptors (Lipinski definition) is 6. The molecule has 3 aromatic rings. The fourth-order valence-electron chi connectivity index (χ4n) is 4.48. The van der Waals surface area contributed by atoms with E-state index in [4.69, 9.17) is 0 Å². The lowest BCUT2D eigenvalue weighted by Gasteiger charge is -2.31. The summed E-state index contributed by atoms with van der Waals surface area (Å²) in [5, 5.41) is 11.4. The molecule has 130 valence electrons. The molecule has 5 rings (SSSR count). The molecular formula is C20H19N5S. The number of thiophene rings is 1. The van der Waals surface area contributed by atoms with Gasteiger partial charge in [0, 0.05) is 28.6 Å². The summed E-state index contributed by atoms with van der Waals surface area (Å²) in [6.07, 6.45) is 13.2. The molecule has 2 aliphatic carbocycles. The lowest BCUT2D eigenvalue weighted by atomic mass is 9.71. The Bertz CT molecular complexity index is 1030. The minimum atomic E-state index is -0.611. The Kier molecular flexibility index (Phi) is 3.71. The van der Waals surface area contributed by atoms with Crippen LogP contribution in [0.25, 0.3) is 10.2 Å². The van der Waals surface area contributed by atoms with Crippen molar-refractivity contribution >= 4 is 21.6 Å². The summed E-state index contributed by atoms with van der Waals surface area (Å²) in [6.45, 7) is 0. The number of nitriles is 1. The van der Waals surface area contributed by atoms with Crippen molar-refractivity contribution in [1.82, 2.24) is 19.9 Å². The van der Waals surface area contributed by atoms with Gasteiger partial charge in [-0.05, 0) is 49.7 Å². The van der Waals surface area contributed by atoms with Gasteiger partial charge in [0.05, 0.1) is 11.8 Å². The average molecular weight is 361 g/mol. The number of aryl methyl sites for hydroxylation is 3. The van der Waals surface area contributed by atoms with Crippen LogP contribution in [0.1, 0.15) is 53.1 Å². The summed E-state index contributed by atoms with van der Waals surface area (Å²) in [5.74, 6) is 0. The van der Waals surface area contributed by atoms with Gasteiger partial charge in [-0.25, -0.2) is 19.9 Å². The van der Waals surface area contributed by atoms with Crippen LogP contribution >= 0.6 is 11.3 Å². The van der Waals surface area contributed by atoms with Crippen LogP contribution in [0.5, 0.6) is 0 Å². The third-order valence-corrected chi connectivity index (χ3v) is 7.03. The minimum absolute atomic E-state index is 0.611. The second-order valence-electron chi connectivity index (χ2n) is 7.33. The van der Waals surface area contributed by atoms with E-state index in [9.17, 15) is 5.26 Å². The number of fused-ring (bicyclic) bond motifs is 4. The molecule has 5 nitrogen and oxygen atoms in total. The fraction of sp³-hybridized carbons (Fsp3) is 0.450. The molecule has 6 heteroatoms. The van der Waals surface area contributed by atoms with E-state index < -0.39 is 5.41 Å². The Morgan fingerprint density at radius 1 is 1.04 bits per heavy atom. The van der Waals surface area contributed by atoms with Gasteiger partial charge in [-0.15, -0.1) is 11.3 Å². The highest BCUT2D eigenvalue weighted by Gasteiger charge is 2.40. The highest BCUT2D eigenvalue weighted by molar-refractivity contribution is 7.18. The van der Waals surface area contributed by atoms with Gasteiger partial charge in [-0.2, -0.15) is 5.26 Å². The molecule has 0 aliphatic heterocycles. The number of aromatic nitrogens is 4. The van der Waals surface area contributed by atoms with Crippen molar-refractivity contribution in [3.05, 3.63) is 46.2 Å². The summed E-state index contributed by atoms with van der Waals surface area (Å²) in [4.78, 5) is 20.3. The van der Waals surface area contributed by atoms with Crippen molar-refractivity contribution in [2.75, 3.05) is 0 Å². The first-order valence-corrected chi connectivity index (χ1v) is 10.1. The molecule has 0 fully saturated rings. The predicted molar refractivity (Wildman–Crippen MR) is 100 cm³/mol. The molecule has 0 amide bonds. The van der Waals surface area contributed by atoms with Gasteiger partial charge in [0.15, 0.2) is 0 Å². The first kappa shape index (κ1) is 15.8. The maximum atomic E-state index is 10.2. The third kappa shape index (κ3) is 2.34. The number of nitrogens with zero attached hydrogens (tertiary/aromatic N) is 5. The molecule has 2 aliphatic rings. The Morgan fingerprint density at radius 3 is 2.88 bits per heavy atom. The van der Waals surface area contributed by atoms with Crippen LogP contribution in [0.4, 0.5) is 0 Å². The fourth-order valence-corrected chi connectivity index (χ4v) is 5.71. The topological polar surface area (TPSA) is 75.3 Å². The van der Waals surface area contributed by atoms with E-state index in [0.717, 1.165) is 52.9 Å². The Morgan fingerprint density at radius 2 is 1.96 bits per heavy atom. The van der Waals surface area contributed by atoms with Gasteiger partial charge >= 0.3 is 0 Å². The second-order valence-corrected chi connectivity index (χ2v) is 8.42. The van der Waals surface area contributed by atoms with Crippen LogP contribution in [0.2, 0.25) is 0 Å². The van der Waals surface area contributed by atoms with Crippen molar-refractivity contribution < 1.29 is 0 Å². The zero-order valence-electron chi connectivity index (χ0n) is 14.5. The first-order valence-electron chi connectivity index (χ1n) is 9.25. The molecule has 3 heterocycles. The summed E-state index contributed by atoms with van der Waals surface area (Å²) in [7, 11) is 0. The van der Waals surface area contributed by atoms with Crippen molar-refractivity contribution in [3.63, 3.8) is 0 Å². The van der Waals surface area contributed by atoms with E-state index in [1.807, 2.05) is 6.20 Å². The molecule has 0 bridgehead atoms. The molecule has 0 saturated heterocycles. The SMILES string of the molecule is N#CC1(c2ncnc3sc4c(c23)CCCCC4)CCc2ncncc2C1. The lowest BCUT2D eigenvalue weighted by Crippen LogP contribution is -2.34. The molecule has 0 saturated carbocycles. The highest BCUT2D eigenvalue weighted by atomic mass is 32.1. The predicted octanol–water partition coefficient (Wildman–Crippen LogP) is 3.70. The molecule has 0 aromatic carbocycles. The van der Waals surface area contributed by atoms with Crippen LogP contribution in [-0.4, -0.2) is 19.9 Å². The standard InChI is InChI=1S/C20H19N5S/c21-10-20(7-6-15-13(8-20)9-22-11-23-15)18-17-14-4-2-1-3-5-16(14)26-19(17)25-12-24-18/h9,11-12H,1-8H2. The molecule has 3 aromatic heterocycles. The van der Waals surface area contributed by atoms with Gasteiger partial charge in [-0.1, -0.05) is 6.42 Å². The molecule has 1 atom stereocenters. The smallest absolute Gasteiger partial charge is 0.127 e. The second kappa shape index (κ2) is 6.10. The molecule has 0 radical (unpaired) electrons. The summed E-state index contributed by atoms with van der Waals surface area (Å²) in [5.41, 5.74) is 3.87. The number of hydrogen-bond donors (Lipinski definition) is 0. The highest BCUT2D eigenvalue weighted by Crippen LogP contribution is 2.43. The van der Waals surface area contributed by atoms with Crippen molar-refractivity contribution in [3.8, 4) is 6.07 Å². The number of rotatable bonds is 1. The molecule has 0 N–H and O–H groups in total. The van der Waals surface area contributed by atoms with E-state index >= 15 is 0 Å². The van der Waals surface area contributed by atoms with Crippen molar-refractivity contribution in [1.29, 1.82) is 5.26 Å². The Hall–Kier alpha value is -2.39. The normalized spacial score (nSPS) is 22.3. The average Bonchev–Trinajstić information content (AvgIpc) is 2.88. The Balaban J connectivity index is 1.71. The van der Waals surface area contributed by atoms with Gasteiger partial charge in [0.1, 0.15) is 22.9 Å². The van der Waals surface area contributed by atoms with Gasteiger partial charge in [-0.3, -0.25) is 0 Å². The summed E-state index contributed by atoms with van der Waals surface area (Å²) >= 11 is 1.80. The van der Waals surface area contributed by atoms with E-state index in [-0.39, 0.29) is 0 Å². The molecule has 0 spiro atoms. The van der Waals surface area contributed by atoms with Crippen LogP contribution in [-0.2, 0) is 31.1 Å². The van der Waals surface area contributed by atoms with Gasteiger partial charge in [0.25, 0.3) is 0 Å². The maximum Gasteiger partial charge on any atom is 0.127 e. The van der Waals surface area contributed by atoms with Crippen LogP contribution in [0.15, 0.2) is 18.9 Å². The molecule has 26 heavy (non-hydrogen) atoms. The quantitative estimate of drug-likeness (QED) is 0.618. The van der Waals surface area contributed by atoms with E-state index in [1.54, 1.807) is 24.0 Å². The van der Waals surface area contributed by atoms with Gasteiger partial charge < -0.3 is 0 Å². The maximum absolute atomic E-state index is 10.2. The van der Waals surface area contributed by atoms with Crippen molar-refractivity contribution in [2.45, 2.75) is 56.8 Å². The third-order valence-electron chi connectivity index (χ3n) is 5.83. The minimum Gasteiger partial charge on any atom is -0.245 e. The lowest BCUT2D eigenvalue weighted by molar-refractivity contribution is 0.456. The van der Waals surface area contributed by atoms with Crippen LogP contribution < -0.4 is 0 Å². The Labute approximate surface area is 156 Å². The van der Waals surface area contributed by atoms with E-state index in [1.165, 1.54) is 29.7 Å². The summed E-state index contributed by atoms with van der Waals surface area (Å²) < 4.78 is 0. The molecular weight excluding hydrogens is 342 g/mol. The summed E-state index contributed by atoms with van der Waals surface area (Å²) in [6, 6.07) is 2.64. The first-order chi connectivity index (χ1) is 12.8. The van der Waals surface area contributed by atoms with Crippen LogP contribution in [0, 0.1) is 11.3 Å². The zero-order valence-corrected chi connectivity index (χ0v) is 15.3. The molecule has 1 unspecified atom stereocenters. The van der Waals surface area contributed by atoms with Crippen LogP contribution in [0.3, 0.4) is 0 Å². The largest absolute Gasteiger partial charge is 0.245 e. The monoisotopic (exact) mass is 361 g/mol. The van der Waals surface area contributed by atoms with Gasteiger partial charge in [0.2, 0.25) is 0 Å². The zero-order chi connectivity index (χ0) is 17.6. The van der Waals surface area contributed by atoms with E-state index in [0.29, 0.717) is 6.42 Å². The van der Waals surface area contributed by atoms with E-state index in [2.05, 4.69) is 26.0 Å².